The van der Waals surface area contributed by atoms with Gasteiger partial charge in [-0.3, -0.25) is 0 Å². The Labute approximate surface area is 278 Å². The van der Waals surface area contributed by atoms with E-state index in [9.17, 15) is 0 Å². The number of hydrogen-bond acceptors (Lipinski definition) is 4. The fourth-order valence-corrected chi connectivity index (χ4v) is 6.56. The minimum atomic E-state index is 0.634. The van der Waals surface area contributed by atoms with Crippen molar-refractivity contribution in [1.29, 1.82) is 0 Å². The van der Waals surface area contributed by atoms with Crippen molar-refractivity contribution in [2.45, 2.75) is 0 Å². The molecule has 4 heteroatoms. The Hall–Kier alpha value is -6.52. The van der Waals surface area contributed by atoms with Gasteiger partial charge in [0.2, 0.25) is 0 Å². The molecule has 0 aliphatic carbocycles. The van der Waals surface area contributed by atoms with Crippen LogP contribution in [0, 0.1) is 0 Å². The molecule has 9 rings (SSSR count). The maximum absolute atomic E-state index is 5.23. The Balaban J connectivity index is 1.18. The van der Waals surface area contributed by atoms with Gasteiger partial charge in [0.1, 0.15) is 0 Å². The van der Waals surface area contributed by atoms with Gasteiger partial charge in [-0.2, -0.15) is 0 Å². The van der Waals surface area contributed by atoms with Crippen LogP contribution in [0.25, 0.3) is 89.0 Å². The van der Waals surface area contributed by atoms with Gasteiger partial charge in [-0.15, -0.1) is 0 Å². The van der Waals surface area contributed by atoms with E-state index in [4.69, 9.17) is 19.9 Å². The van der Waals surface area contributed by atoms with Crippen LogP contribution in [0.3, 0.4) is 0 Å². The van der Waals surface area contributed by atoms with E-state index in [1.54, 1.807) is 0 Å². The van der Waals surface area contributed by atoms with E-state index >= 15 is 0 Å². The molecule has 224 valence electrons. The van der Waals surface area contributed by atoms with Crippen LogP contribution in [0.1, 0.15) is 0 Å². The van der Waals surface area contributed by atoms with Gasteiger partial charge < -0.3 is 0 Å². The molecule has 4 nitrogen and oxygen atoms in total. The lowest BCUT2D eigenvalue weighted by molar-refractivity contribution is 1.07. The quantitative estimate of drug-likeness (QED) is 0.181. The molecule has 0 fully saturated rings. The third kappa shape index (κ3) is 4.97. The Morgan fingerprint density at radius 1 is 0.292 bits per heavy atom. The summed E-state index contributed by atoms with van der Waals surface area (Å²) in [6, 6.07) is 58.7. The van der Waals surface area contributed by atoms with Crippen LogP contribution in [0.5, 0.6) is 0 Å². The van der Waals surface area contributed by atoms with Crippen molar-refractivity contribution in [1.82, 2.24) is 19.9 Å². The number of hydrogen-bond donors (Lipinski definition) is 0. The number of rotatable bonds is 5. The van der Waals surface area contributed by atoms with Crippen LogP contribution in [-0.2, 0) is 0 Å². The van der Waals surface area contributed by atoms with Crippen molar-refractivity contribution in [2.24, 2.45) is 0 Å². The summed E-state index contributed by atoms with van der Waals surface area (Å²) < 4.78 is 0. The van der Waals surface area contributed by atoms with Crippen LogP contribution in [0.15, 0.2) is 170 Å². The molecule has 0 bridgehead atoms. The van der Waals surface area contributed by atoms with Gasteiger partial charge in [0, 0.05) is 38.4 Å². The first-order valence-electron chi connectivity index (χ1n) is 16.1. The molecule has 9 aromatic rings. The zero-order valence-electron chi connectivity index (χ0n) is 26.0. The predicted octanol–water partition coefficient (Wildman–Crippen LogP) is 11.1. The summed E-state index contributed by atoms with van der Waals surface area (Å²) >= 11 is 0. The Morgan fingerprint density at radius 2 is 0.792 bits per heavy atom. The maximum atomic E-state index is 5.23. The average molecular weight is 613 g/mol. The van der Waals surface area contributed by atoms with Gasteiger partial charge in [-0.25, -0.2) is 19.9 Å². The summed E-state index contributed by atoms with van der Waals surface area (Å²) in [6.45, 7) is 0. The summed E-state index contributed by atoms with van der Waals surface area (Å²) in [4.78, 5) is 20.0. The fraction of sp³-hybridized carbons (Fsp3) is 0. The Bertz CT molecular complexity index is 2540. The lowest BCUT2D eigenvalue weighted by Crippen LogP contribution is -2.00. The minimum absolute atomic E-state index is 0.634. The number of para-hydroxylation sites is 1. The molecule has 0 saturated carbocycles. The van der Waals surface area contributed by atoms with E-state index in [-0.39, 0.29) is 0 Å². The minimum Gasteiger partial charge on any atom is -0.247 e. The van der Waals surface area contributed by atoms with E-state index < -0.39 is 0 Å². The molecule has 48 heavy (non-hydrogen) atoms. The lowest BCUT2D eigenvalue weighted by Gasteiger charge is -2.14. The molecule has 0 atom stereocenters. The summed E-state index contributed by atoms with van der Waals surface area (Å²) in [5, 5.41) is 6.01. The zero-order valence-corrected chi connectivity index (χ0v) is 26.0. The Morgan fingerprint density at radius 3 is 1.48 bits per heavy atom. The van der Waals surface area contributed by atoms with Crippen molar-refractivity contribution in [3.05, 3.63) is 170 Å². The molecule has 0 aliphatic rings. The largest absolute Gasteiger partial charge is 0.247 e. The third-order valence-electron chi connectivity index (χ3n) is 8.88. The summed E-state index contributed by atoms with van der Waals surface area (Å²) in [7, 11) is 0. The number of benzene rings is 7. The summed E-state index contributed by atoms with van der Waals surface area (Å²) in [6.07, 6.45) is 0. The first-order chi connectivity index (χ1) is 23.8. The van der Waals surface area contributed by atoms with Gasteiger partial charge in [0.25, 0.3) is 0 Å². The maximum Gasteiger partial charge on any atom is 0.164 e. The van der Waals surface area contributed by atoms with Gasteiger partial charge in [-0.05, 0) is 40.1 Å². The highest BCUT2D eigenvalue weighted by molar-refractivity contribution is 6.22. The second kappa shape index (κ2) is 11.7. The topological polar surface area (TPSA) is 51.6 Å². The highest BCUT2D eigenvalue weighted by Crippen LogP contribution is 2.38. The smallest absolute Gasteiger partial charge is 0.164 e. The highest BCUT2D eigenvalue weighted by Gasteiger charge is 2.15. The van der Waals surface area contributed by atoms with E-state index in [1.165, 1.54) is 21.5 Å². The zero-order chi connectivity index (χ0) is 31.9. The van der Waals surface area contributed by atoms with E-state index in [0.717, 1.165) is 50.0 Å². The van der Waals surface area contributed by atoms with Gasteiger partial charge in [0.15, 0.2) is 17.5 Å². The van der Waals surface area contributed by atoms with Crippen LogP contribution < -0.4 is 0 Å². The van der Waals surface area contributed by atoms with E-state index in [1.807, 2.05) is 60.7 Å². The third-order valence-corrected chi connectivity index (χ3v) is 8.88. The van der Waals surface area contributed by atoms with Gasteiger partial charge in [0.05, 0.1) is 11.2 Å². The van der Waals surface area contributed by atoms with Crippen LogP contribution in [-0.4, -0.2) is 19.9 Å². The molecule has 0 amide bonds. The second-order valence-electron chi connectivity index (χ2n) is 11.9. The molecular formula is C44H28N4. The lowest BCUT2D eigenvalue weighted by atomic mass is 9.94. The van der Waals surface area contributed by atoms with E-state index in [2.05, 4.69) is 109 Å². The number of nitrogens with zero attached hydrogens (tertiary/aromatic N) is 4. The predicted molar refractivity (Wildman–Crippen MR) is 197 cm³/mol. The van der Waals surface area contributed by atoms with Crippen LogP contribution in [0.4, 0.5) is 0 Å². The van der Waals surface area contributed by atoms with Gasteiger partial charge >= 0.3 is 0 Å². The molecule has 0 aliphatic heterocycles. The second-order valence-corrected chi connectivity index (χ2v) is 11.9. The van der Waals surface area contributed by atoms with Crippen LogP contribution >= 0.6 is 0 Å². The van der Waals surface area contributed by atoms with Crippen molar-refractivity contribution >= 4 is 32.4 Å². The number of pyridine rings is 1. The van der Waals surface area contributed by atoms with Crippen molar-refractivity contribution in [3.8, 4) is 56.5 Å². The molecule has 7 aromatic carbocycles. The Kier molecular flexibility index (Phi) is 6.76. The van der Waals surface area contributed by atoms with Gasteiger partial charge in [-0.1, -0.05) is 152 Å². The van der Waals surface area contributed by atoms with Crippen molar-refractivity contribution in [3.63, 3.8) is 0 Å². The summed E-state index contributed by atoms with van der Waals surface area (Å²) in [5.41, 5.74) is 8.03. The van der Waals surface area contributed by atoms with Crippen molar-refractivity contribution in [2.75, 3.05) is 0 Å². The molecule has 2 aromatic heterocycles. The first-order valence-corrected chi connectivity index (χ1v) is 16.1. The molecule has 0 N–H and O–H groups in total. The van der Waals surface area contributed by atoms with Crippen LogP contribution in [0.2, 0.25) is 0 Å². The SMILES string of the molecule is c1ccc(-c2nc(-c3ccccc3)nc(-c3cccc(-c4cccc(-c5nc6ccccc6c6c5ccc5ccccc56)c4)c3)n2)cc1. The molecular weight excluding hydrogens is 585 g/mol. The number of fused-ring (bicyclic) bond motifs is 5. The molecule has 0 radical (unpaired) electrons. The average Bonchev–Trinajstić information content (AvgIpc) is 3.18. The fourth-order valence-electron chi connectivity index (χ4n) is 6.56. The first kappa shape index (κ1) is 27.8. The monoisotopic (exact) mass is 612 g/mol. The summed E-state index contributed by atoms with van der Waals surface area (Å²) in [5.74, 6) is 1.93. The molecule has 0 spiro atoms. The van der Waals surface area contributed by atoms with E-state index in [0.29, 0.717) is 17.5 Å². The van der Waals surface area contributed by atoms with Crippen molar-refractivity contribution < 1.29 is 0 Å². The molecule has 0 unspecified atom stereocenters. The standard InChI is InChI=1S/C44H28N4/c1-3-14-30(15-4-1)42-46-43(31-16-5-2-6-17-31)48-44(47-42)35-21-12-19-33(28-35)32-18-11-20-34(27-32)41-38-26-25-29-13-7-8-22-36(29)40(38)37-23-9-10-24-39(37)45-41/h1-28H. The molecule has 2 heterocycles. The number of aromatic nitrogens is 4. The highest BCUT2D eigenvalue weighted by atomic mass is 15.0. The normalized spacial score (nSPS) is 11.3. The molecule has 0 saturated heterocycles.